The van der Waals surface area contributed by atoms with Crippen LogP contribution < -0.4 is 0 Å². The molecule has 106 valence electrons. The fourth-order valence-electron chi connectivity index (χ4n) is 2.59. The van der Waals surface area contributed by atoms with Gasteiger partial charge in [0.1, 0.15) is 10.4 Å². The molecule has 2 aromatic heterocycles. The SMILES string of the molecule is CC(=O)N1CCn2c(-c3nc(C)ns3)nc(Br)c2[C@H]1C. The van der Waals surface area contributed by atoms with Gasteiger partial charge in [0, 0.05) is 20.0 Å². The molecule has 6 nitrogen and oxygen atoms in total. The van der Waals surface area contributed by atoms with Gasteiger partial charge in [-0.25, -0.2) is 9.97 Å². The number of nitrogens with zero attached hydrogens (tertiary/aromatic N) is 5. The van der Waals surface area contributed by atoms with E-state index in [4.69, 9.17) is 0 Å². The quantitative estimate of drug-likeness (QED) is 0.787. The van der Waals surface area contributed by atoms with Crippen molar-refractivity contribution in [2.75, 3.05) is 6.54 Å². The van der Waals surface area contributed by atoms with Gasteiger partial charge in [-0.1, -0.05) is 0 Å². The topological polar surface area (TPSA) is 63.9 Å². The van der Waals surface area contributed by atoms with E-state index in [1.165, 1.54) is 11.5 Å². The first kappa shape index (κ1) is 13.7. The highest BCUT2D eigenvalue weighted by atomic mass is 79.9. The van der Waals surface area contributed by atoms with Crippen LogP contribution in [0.25, 0.3) is 10.8 Å². The Balaban J connectivity index is 2.09. The van der Waals surface area contributed by atoms with Crippen molar-refractivity contribution >= 4 is 33.4 Å². The predicted molar refractivity (Wildman–Crippen MR) is 79.4 cm³/mol. The Morgan fingerprint density at radius 3 is 2.75 bits per heavy atom. The Labute approximate surface area is 129 Å². The third-order valence-electron chi connectivity index (χ3n) is 3.51. The fraction of sp³-hybridized carbons (Fsp3) is 0.500. The Morgan fingerprint density at radius 2 is 2.15 bits per heavy atom. The van der Waals surface area contributed by atoms with E-state index in [-0.39, 0.29) is 11.9 Å². The molecule has 0 spiro atoms. The van der Waals surface area contributed by atoms with E-state index in [1.54, 1.807) is 6.92 Å². The van der Waals surface area contributed by atoms with Crippen LogP contribution in [0, 0.1) is 6.92 Å². The first-order valence-corrected chi connectivity index (χ1v) is 7.89. The molecule has 1 aliphatic heterocycles. The maximum Gasteiger partial charge on any atom is 0.220 e. The highest BCUT2D eigenvalue weighted by Gasteiger charge is 2.31. The summed E-state index contributed by atoms with van der Waals surface area (Å²) >= 11 is 4.86. The minimum Gasteiger partial charge on any atom is -0.333 e. The average molecular weight is 356 g/mol. The maximum atomic E-state index is 11.7. The van der Waals surface area contributed by atoms with Crippen LogP contribution in [0.5, 0.6) is 0 Å². The first-order chi connectivity index (χ1) is 9.49. The molecule has 20 heavy (non-hydrogen) atoms. The summed E-state index contributed by atoms with van der Waals surface area (Å²) in [6.45, 7) is 6.91. The van der Waals surface area contributed by atoms with Crippen LogP contribution in [0.4, 0.5) is 0 Å². The van der Waals surface area contributed by atoms with Crippen molar-refractivity contribution in [2.24, 2.45) is 0 Å². The zero-order valence-corrected chi connectivity index (χ0v) is 13.8. The van der Waals surface area contributed by atoms with Crippen LogP contribution in [0.3, 0.4) is 0 Å². The van der Waals surface area contributed by atoms with E-state index in [1.807, 2.05) is 18.7 Å². The zero-order chi connectivity index (χ0) is 14.4. The molecule has 0 fully saturated rings. The van der Waals surface area contributed by atoms with Crippen molar-refractivity contribution in [1.82, 2.24) is 23.8 Å². The van der Waals surface area contributed by atoms with E-state index in [2.05, 4.69) is 34.8 Å². The van der Waals surface area contributed by atoms with Crippen LogP contribution in [0.2, 0.25) is 0 Å². The van der Waals surface area contributed by atoms with Gasteiger partial charge in [0.05, 0.1) is 11.7 Å². The third kappa shape index (κ3) is 2.07. The van der Waals surface area contributed by atoms with Gasteiger partial charge in [0.15, 0.2) is 10.8 Å². The Morgan fingerprint density at radius 1 is 1.40 bits per heavy atom. The van der Waals surface area contributed by atoms with Gasteiger partial charge in [-0.2, -0.15) is 4.37 Å². The lowest BCUT2D eigenvalue weighted by atomic mass is 10.1. The number of aryl methyl sites for hydroxylation is 1. The second kappa shape index (κ2) is 4.92. The van der Waals surface area contributed by atoms with Crippen molar-refractivity contribution in [2.45, 2.75) is 33.4 Å². The lowest BCUT2D eigenvalue weighted by Gasteiger charge is -2.34. The number of carbonyl (C=O) groups excluding carboxylic acids is 1. The van der Waals surface area contributed by atoms with Crippen molar-refractivity contribution in [3.8, 4) is 10.8 Å². The van der Waals surface area contributed by atoms with E-state index >= 15 is 0 Å². The molecule has 0 bridgehead atoms. The summed E-state index contributed by atoms with van der Waals surface area (Å²) in [5.74, 6) is 1.67. The molecule has 0 saturated carbocycles. The van der Waals surface area contributed by atoms with Gasteiger partial charge < -0.3 is 9.47 Å². The molecule has 2 aromatic rings. The summed E-state index contributed by atoms with van der Waals surface area (Å²) in [5.41, 5.74) is 1.02. The van der Waals surface area contributed by atoms with Crippen LogP contribution >= 0.6 is 27.5 Å². The van der Waals surface area contributed by atoms with Gasteiger partial charge >= 0.3 is 0 Å². The van der Waals surface area contributed by atoms with Crippen molar-refractivity contribution < 1.29 is 4.79 Å². The van der Waals surface area contributed by atoms with E-state index in [0.717, 1.165) is 33.5 Å². The molecule has 0 saturated heterocycles. The van der Waals surface area contributed by atoms with Gasteiger partial charge in [0.2, 0.25) is 5.91 Å². The van der Waals surface area contributed by atoms with E-state index < -0.39 is 0 Å². The molecule has 0 radical (unpaired) electrons. The summed E-state index contributed by atoms with van der Waals surface area (Å²) < 4.78 is 7.12. The molecule has 0 N–H and O–H groups in total. The van der Waals surface area contributed by atoms with Gasteiger partial charge in [0.25, 0.3) is 0 Å². The van der Waals surface area contributed by atoms with E-state index in [0.29, 0.717) is 6.54 Å². The number of aromatic nitrogens is 4. The number of amides is 1. The predicted octanol–water partition coefficient (Wildman–Crippen LogP) is 2.40. The smallest absolute Gasteiger partial charge is 0.220 e. The summed E-state index contributed by atoms with van der Waals surface area (Å²) in [6.07, 6.45) is 0. The molecular formula is C12H14BrN5OS. The highest BCUT2D eigenvalue weighted by molar-refractivity contribution is 9.10. The number of imidazole rings is 1. The maximum absolute atomic E-state index is 11.7. The minimum atomic E-state index is 0.00546. The Hall–Kier alpha value is -1.28. The molecule has 8 heteroatoms. The van der Waals surface area contributed by atoms with Crippen molar-refractivity contribution in [3.05, 3.63) is 16.1 Å². The molecule has 3 heterocycles. The summed E-state index contributed by atoms with van der Waals surface area (Å²) in [5, 5.41) is 0.818. The largest absolute Gasteiger partial charge is 0.333 e. The normalized spacial score (nSPS) is 18.2. The molecule has 0 aliphatic carbocycles. The monoisotopic (exact) mass is 355 g/mol. The summed E-state index contributed by atoms with van der Waals surface area (Å²) in [6, 6.07) is 0.00546. The summed E-state index contributed by atoms with van der Waals surface area (Å²) in [4.78, 5) is 22.5. The lowest BCUT2D eigenvalue weighted by Crippen LogP contribution is -2.39. The van der Waals surface area contributed by atoms with Crippen molar-refractivity contribution in [3.63, 3.8) is 0 Å². The molecule has 1 atom stereocenters. The Bertz CT molecular complexity index is 679. The first-order valence-electron chi connectivity index (χ1n) is 6.33. The number of carbonyl (C=O) groups is 1. The lowest BCUT2D eigenvalue weighted by molar-refractivity contribution is -0.131. The number of rotatable bonds is 1. The zero-order valence-electron chi connectivity index (χ0n) is 11.4. The standard InChI is InChI=1S/C12H14BrN5OS/c1-6-9-10(13)15-11(12-14-7(2)16-20-12)18(9)5-4-17(6)8(3)19/h6H,4-5H2,1-3H3/t6-/m1/s1. The number of halogens is 1. The van der Waals surface area contributed by atoms with Crippen LogP contribution in [-0.2, 0) is 11.3 Å². The summed E-state index contributed by atoms with van der Waals surface area (Å²) in [7, 11) is 0. The minimum absolute atomic E-state index is 0.00546. The number of fused-ring (bicyclic) bond motifs is 1. The van der Waals surface area contributed by atoms with Gasteiger partial charge in [-0.15, -0.1) is 0 Å². The van der Waals surface area contributed by atoms with Crippen molar-refractivity contribution in [1.29, 1.82) is 0 Å². The highest BCUT2D eigenvalue weighted by Crippen LogP contribution is 2.35. The molecule has 0 aromatic carbocycles. The second-order valence-corrected chi connectivity index (χ2v) is 6.30. The number of hydrogen-bond donors (Lipinski definition) is 0. The van der Waals surface area contributed by atoms with Crippen LogP contribution in [0.1, 0.15) is 31.4 Å². The Kier molecular flexibility index (Phi) is 3.37. The molecule has 0 unspecified atom stereocenters. The molecule has 1 aliphatic rings. The van der Waals surface area contributed by atoms with Gasteiger partial charge in [-0.3, -0.25) is 4.79 Å². The van der Waals surface area contributed by atoms with Gasteiger partial charge in [-0.05, 0) is 41.3 Å². The second-order valence-electron chi connectivity index (χ2n) is 4.80. The van der Waals surface area contributed by atoms with E-state index in [9.17, 15) is 4.79 Å². The molecule has 1 amide bonds. The number of hydrogen-bond acceptors (Lipinski definition) is 5. The van der Waals surface area contributed by atoms with Crippen LogP contribution in [0.15, 0.2) is 4.60 Å². The van der Waals surface area contributed by atoms with Crippen LogP contribution in [-0.4, -0.2) is 36.3 Å². The average Bonchev–Trinajstić information content (AvgIpc) is 2.94. The third-order valence-corrected chi connectivity index (χ3v) is 4.90. The molecular weight excluding hydrogens is 342 g/mol. The molecule has 3 rings (SSSR count). The fourth-order valence-corrected chi connectivity index (χ4v) is 3.97.